The Morgan fingerprint density at radius 3 is 2.56 bits per heavy atom. The predicted octanol–water partition coefficient (Wildman–Crippen LogP) is 2.64. The quantitative estimate of drug-likeness (QED) is 0.861. The van der Waals surface area contributed by atoms with Gasteiger partial charge in [0.15, 0.2) is 6.61 Å². The summed E-state index contributed by atoms with van der Waals surface area (Å²) in [6.45, 7) is 8.50. The fourth-order valence-corrected chi connectivity index (χ4v) is 3.10. The molecule has 0 saturated carbocycles. The third-order valence-corrected chi connectivity index (χ3v) is 5.55. The first kappa shape index (κ1) is 19.3. The molecule has 2 amide bonds. The monoisotopic (exact) mass is 346 g/mol. The topological polar surface area (TPSA) is 58.6 Å². The third kappa shape index (κ3) is 5.21. The summed E-state index contributed by atoms with van der Waals surface area (Å²) in [5.74, 6) is 1.23. The van der Waals surface area contributed by atoms with Crippen molar-refractivity contribution in [3.63, 3.8) is 0 Å². The van der Waals surface area contributed by atoms with Gasteiger partial charge in [-0.3, -0.25) is 9.59 Å². The van der Waals surface area contributed by atoms with Crippen molar-refractivity contribution in [3.8, 4) is 5.75 Å². The zero-order chi connectivity index (χ0) is 18.4. The molecule has 5 nitrogen and oxygen atoms in total. The normalized spacial score (nSPS) is 16.6. The number of nitrogens with one attached hydrogen (secondary N) is 1. The van der Waals surface area contributed by atoms with E-state index >= 15 is 0 Å². The summed E-state index contributed by atoms with van der Waals surface area (Å²) in [5.41, 5.74) is 1.25. The van der Waals surface area contributed by atoms with Crippen LogP contribution in [-0.4, -0.2) is 43.5 Å². The van der Waals surface area contributed by atoms with Gasteiger partial charge >= 0.3 is 0 Å². The van der Waals surface area contributed by atoms with E-state index in [0.29, 0.717) is 23.5 Å². The second kappa shape index (κ2) is 8.37. The van der Waals surface area contributed by atoms with Crippen molar-refractivity contribution < 1.29 is 14.3 Å². The molecule has 5 heteroatoms. The van der Waals surface area contributed by atoms with E-state index in [2.05, 4.69) is 26.1 Å². The summed E-state index contributed by atoms with van der Waals surface area (Å²) >= 11 is 0. The van der Waals surface area contributed by atoms with Crippen LogP contribution >= 0.6 is 0 Å². The first-order chi connectivity index (χ1) is 11.8. The molecule has 1 aromatic carbocycles. The molecule has 0 spiro atoms. The van der Waals surface area contributed by atoms with E-state index in [-0.39, 0.29) is 18.4 Å². The highest BCUT2D eigenvalue weighted by molar-refractivity contribution is 5.79. The Balaban J connectivity index is 1.90. The van der Waals surface area contributed by atoms with Crippen LogP contribution in [0.15, 0.2) is 24.3 Å². The van der Waals surface area contributed by atoms with Crippen LogP contribution in [0.25, 0.3) is 0 Å². The van der Waals surface area contributed by atoms with Crippen LogP contribution in [0.1, 0.15) is 39.2 Å². The minimum atomic E-state index is -0.178. The molecule has 0 radical (unpaired) electrons. The molecule has 138 valence electrons. The number of nitrogens with zero attached hydrogens (tertiary/aromatic N) is 1. The lowest BCUT2D eigenvalue weighted by atomic mass is 9.72. The first-order valence-electron chi connectivity index (χ1n) is 9.04. The number of ether oxygens (including phenoxy) is 1. The summed E-state index contributed by atoms with van der Waals surface area (Å²) < 4.78 is 5.44. The van der Waals surface area contributed by atoms with Crippen molar-refractivity contribution >= 4 is 11.8 Å². The lowest BCUT2D eigenvalue weighted by Gasteiger charge is -2.42. The Morgan fingerprint density at radius 2 is 1.96 bits per heavy atom. The molecule has 0 aliphatic carbocycles. The van der Waals surface area contributed by atoms with Gasteiger partial charge in [-0.25, -0.2) is 0 Å². The molecular formula is C20H30N2O3. The average molecular weight is 346 g/mol. The van der Waals surface area contributed by atoms with Gasteiger partial charge in [0.2, 0.25) is 5.91 Å². The lowest BCUT2D eigenvalue weighted by Crippen LogP contribution is -2.44. The Labute approximate surface area is 150 Å². The smallest absolute Gasteiger partial charge is 0.257 e. The summed E-state index contributed by atoms with van der Waals surface area (Å²) in [6, 6.07) is 7.41. The Hall–Kier alpha value is -2.04. The maximum absolute atomic E-state index is 12.6. The zero-order valence-electron chi connectivity index (χ0n) is 15.8. The maximum atomic E-state index is 12.6. The molecule has 1 fully saturated rings. The van der Waals surface area contributed by atoms with Crippen LogP contribution in [0.3, 0.4) is 0 Å². The van der Waals surface area contributed by atoms with Crippen LogP contribution in [0.2, 0.25) is 0 Å². The summed E-state index contributed by atoms with van der Waals surface area (Å²) in [6.07, 6.45) is 2.49. The van der Waals surface area contributed by atoms with Crippen LogP contribution in [-0.2, 0) is 16.0 Å². The van der Waals surface area contributed by atoms with E-state index in [1.165, 1.54) is 0 Å². The summed E-state index contributed by atoms with van der Waals surface area (Å²) in [4.78, 5) is 25.8. The number of likely N-dealkylation sites (N-methyl/N-ethyl adjacent to an activating group) is 1. The van der Waals surface area contributed by atoms with Gasteiger partial charge in [-0.15, -0.1) is 0 Å². The molecule has 1 saturated heterocycles. The summed E-state index contributed by atoms with van der Waals surface area (Å²) in [5, 5.41) is 2.51. The van der Waals surface area contributed by atoms with E-state index < -0.39 is 0 Å². The minimum Gasteiger partial charge on any atom is -0.484 e. The van der Waals surface area contributed by atoms with E-state index in [0.717, 1.165) is 31.5 Å². The van der Waals surface area contributed by atoms with Gasteiger partial charge in [-0.1, -0.05) is 32.9 Å². The fraction of sp³-hybridized carbons (Fsp3) is 0.600. The molecule has 1 aromatic rings. The van der Waals surface area contributed by atoms with Gasteiger partial charge in [0.05, 0.1) is 6.42 Å². The van der Waals surface area contributed by atoms with E-state index in [9.17, 15) is 9.59 Å². The number of piperidine rings is 1. The number of hydrogen-bond acceptors (Lipinski definition) is 3. The maximum Gasteiger partial charge on any atom is 0.257 e. The molecule has 0 unspecified atom stereocenters. The number of likely N-dealkylation sites (tertiary alicyclic amines) is 1. The van der Waals surface area contributed by atoms with Gasteiger partial charge < -0.3 is 15.0 Å². The highest BCUT2D eigenvalue weighted by atomic mass is 16.5. The van der Waals surface area contributed by atoms with Crippen LogP contribution in [0.5, 0.6) is 5.75 Å². The van der Waals surface area contributed by atoms with E-state index in [4.69, 9.17) is 4.74 Å². The first-order valence-corrected chi connectivity index (χ1v) is 9.04. The fourth-order valence-electron chi connectivity index (χ4n) is 3.10. The van der Waals surface area contributed by atoms with Crippen molar-refractivity contribution in [2.24, 2.45) is 11.3 Å². The number of benzene rings is 1. The van der Waals surface area contributed by atoms with Crippen molar-refractivity contribution in [2.75, 3.05) is 26.7 Å². The Morgan fingerprint density at radius 1 is 1.28 bits per heavy atom. The average Bonchev–Trinajstić information content (AvgIpc) is 2.60. The van der Waals surface area contributed by atoms with Gasteiger partial charge in [-0.2, -0.15) is 0 Å². The standard InChI is InChI=1S/C20H30N2O3/c1-15(2)20(3)8-10-22(11-9-20)19(24)13-16-6-5-7-17(12-16)25-14-18(23)21-4/h5-7,12,15H,8-11,13-14H2,1-4H3,(H,21,23). The van der Waals surface area contributed by atoms with Crippen LogP contribution < -0.4 is 10.1 Å². The molecule has 1 N–H and O–H groups in total. The Bertz CT molecular complexity index is 605. The van der Waals surface area contributed by atoms with Gasteiger partial charge in [-0.05, 0) is 41.9 Å². The SMILES string of the molecule is CNC(=O)COc1cccc(CC(=O)N2CCC(C)(C(C)C)CC2)c1. The molecule has 0 bridgehead atoms. The molecule has 2 rings (SSSR count). The highest BCUT2D eigenvalue weighted by Crippen LogP contribution is 2.38. The molecule has 25 heavy (non-hydrogen) atoms. The molecule has 0 aromatic heterocycles. The number of rotatable bonds is 6. The van der Waals surface area contributed by atoms with Crippen molar-refractivity contribution in [1.82, 2.24) is 10.2 Å². The predicted molar refractivity (Wildman–Crippen MR) is 98.5 cm³/mol. The molecule has 0 atom stereocenters. The molecular weight excluding hydrogens is 316 g/mol. The minimum absolute atomic E-state index is 0.0200. The lowest BCUT2D eigenvalue weighted by molar-refractivity contribution is -0.133. The number of carbonyl (C=O) groups is 2. The number of amides is 2. The van der Waals surface area contributed by atoms with Crippen molar-refractivity contribution in [2.45, 2.75) is 40.0 Å². The molecule has 1 heterocycles. The van der Waals surface area contributed by atoms with Crippen LogP contribution in [0.4, 0.5) is 0 Å². The van der Waals surface area contributed by atoms with Gasteiger partial charge in [0.1, 0.15) is 5.75 Å². The van der Waals surface area contributed by atoms with Crippen molar-refractivity contribution in [1.29, 1.82) is 0 Å². The van der Waals surface area contributed by atoms with Crippen LogP contribution in [0, 0.1) is 11.3 Å². The van der Waals surface area contributed by atoms with Crippen molar-refractivity contribution in [3.05, 3.63) is 29.8 Å². The number of hydrogen-bond donors (Lipinski definition) is 1. The largest absolute Gasteiger partial charge is 0.484 e. The second-order valence-electron chi connectivity index (χ2n) is 7.48. The molecule has 1 aliphatic rings. The third-order valence-electron chi connectivity index (χ3n) is 5.55. The second-order valence-corrected chi connectivity index (χ2v) is 7.48. The van der Waals surface area contributed by atoms with E-state index in [1.54, 1.807) is 13.1 Å². The summed E-state index contributed by atoms with van der Waals surface area (Å²) in [7, 11) is 1.57. The van der Waals surface area contributed by atoms with Gasteiger partial charge in [0, 0.05) is 20.1 Å². The number of carbonyl (C=O) groups excluding carboxylic acids is 2. The molecule has 1 aliphatic heterocycles. The van der Waals surface area contributed by atoms with Gasteiger partial charge in [0.25, 0.3) is 5.91 Å². The van der Waals surface area contributed by atoms with E-state index in [1.807, 2.05) is 23.1 Å². The highest BCUT2D eigenvalue weighted by Gasteiger charge is 2.34. The Kier molecular flexibility index (Phi) is 6.45. The zero-order valence-corrected chi connectivity index (χ0v) is 15.8.